The van der Waals surface area contributed by atoms with Crippen LogP contribution in [0.5, 0.6) is 0 Å². The number of likely N-dealkylation sites (tertiary alicyclic amines) is 1. The predicted octanol–water partition coefficient (Wildman–Crippen LogP) is 2.60. The number of fused-ring (bicyclic) bond motifs is 1. The van der Waals surface area contributed by atoms with Gasteiger partial charge in [0.1, 0.15) is 0 Å². The molecule has 5 atom stereocenters. The van der Waals surface area contributed by atoms with E-state index in [0.717, 1.165) is 35.6 Å². The highest BCUT2D eigenvalue weighted by Crippen LogP contribution is 2.39. The molecule has 18 heavy (non-hydrogen) atoms. The lowest BCUT2D eigenvalue weighted by Gasteiger charge is -2.42. The molecule has 3 aliphatic rings. The van der Waals surface area contributed by atoms with Gasteiger partial charge < -0.3 is 5.32 Å². The molecule has 0 amide bonds. The molecule has 0 bridgehead atoms. The molecule has 2 nitrogen and oxygen atoms in total. The molecule has 1 aliphatic carbocycles. The Morgan fingerprint density at radius 1 is 1.06 bits per heavy atom. The van der Waals surface area contributed by atoms with Gasteiger partial charge in [0.15, 0.2) is 0 Å². The highest BCUT2D eigenvalue weighted by Gasteiger charge is 2.42. The smallest absolute Gasteiger partial charge is 0.0129 e. The van der Waals surface area contributed by atoms with Gasteiger partial charge in [0.2, 0.25) is 0 Å². The summed E-state index contributed by atoms with van der Waals surface area (Å²) in [6.07, 6.45) is 4.38. The van der Waals surface area contributed by atoms with Crippen molar-refractivity contribution in [3.05, 3.63) is 0 Å². The summed E-state index contributed by atoms with van der Waals surface area (Å²) in [6, 6.07) is 0.888. The van der Waals surface area contributed by atoms with Crippen molar-refractivity contribution in [3.63, 3.8) is 0 Å². The van der Waals surface area contributed by atoms with Gasteiger partial charge in [-0.05, 0) is 55.5 Å². The van der Waals surface area contributed by atoms with E-state index in [1.165, 1.54) is 45.4 Å². The SMILES string of the molecule is CC1CCC(C(C)C)C(N2C[C@H]3CNC[C@H]3C2)C1. The van der Waals surface area contributed by atoms with Crippen molar-refractivity contribution < 1.29 is 0 Å². The van der Waals surface area contributed by atoms with Crippen LogP contribution < -0.4 is 5.32 Å². The van der Waals surface area contributed by atoms with E-state index < -0.39 is 0 Å². The summed E-state index contributed by atoms with van der Waals surface area (Å²) in [4.78, 5) is 2.87. The Balaban J connectivity index is 1.68. The van der Waals surface area contributed by atoms with Crippen molar-refractivity contribution in [2.45, 2.75) is 46.1 Å². The third-order valence-corrected chi connectivity index (χ3v) is 5.87. The highest BCUT2D eigenvalue weighted by molar-refractivity contribution is 4.97. The molecule has 2 saturated heterocycles. The van der Waals surface area contributed by atoms with Crippen molar-refractivity contribution in [2.24, 2.45) is 29.6 Å². The topological polar surface area (TPSA) is 15.3 Å². The van der Waals surface area contributed by atoms with Crippen molar-refractivity contribution >= 4 is 0 Å². The third kappa shape index (κ3) is 2.34. The summed E-state index contributed by atoms with van der Waals surface area (Å²) < 4.78 is 0. The fraction of sp³-hybridized carbons (Fsp3) is 1.00. The van der Waals surface area contributed by atoms with Crippen LogP contribution in [0.1, 0.15) is 40.0 Å². The lowest BCUT2D eigenvalue weighted by Crippen LogP contribution is -2.45. The number of rotatable bonds is 2. The van der Waals surface area contributed by atoms with Crippen molar-refractivity contribution in [1.29, 1.82) is 0 Å². The van der Waals surface area contributed by atoms with Gasteiger partial charge in [-0.2, -0.15) is 0 Å². The molecule has 104 valence electrons. The molecular formula is C16H30N2. The molecule has 1 saturated carbocycles. The molecule has 3 fully saturated rings. The minimum absolute atomic E-state index is 0.862. The lowest BCUT2D eigenvalue weighted by atomic mass is 9.73. The first-order valence-electron chi connectivity index (χ1n) is 8.10. The number of nitrogens with one attached hydrogen (secondary N) is 1. The van der Waals surface area contributed by atoms with Crippen LogP contribution in [0.3, 0.4) is 0 Å². The van der Waals surface area contributed by atoms with Crippen LogP contribution >= 0.6 is 0 Å². The lowest BCUT2D eigenvalue weighted by molar-refractivity contribution is 0.0713. The second-order valence-corrected chi connectivity index (χ2v) is 7.53. The molecular weight excluding hydrogens is 220 g/mol. The van der Waals surface area contributed by atoms with E-state index in [9.17, 15) is 0 Å². The number of nitrogens with zero attached hydrogens (tertiary/aromatic N) is 1. The van der Waals surface area contributed by atoms with Crippen molar-refractivity contribution in [2.75, 3.05) is 26.2 Å². The van der Waals surface area contributed by atoms with Crippen LogP contribution in [0.15, 0.2) is 0 Å². The van der Waals surface area contributed by atoms with Gasteiger partial charge in [0, 0.05) is 19.1 Å². The minimum Gasteiger partial charge on any atom is -0.316 e. The minimum atomic E-state index is 0.862. The molecule has 3 rings (SSSR count). The molecule has 0 aromatic rings. The fourth-order valence-electron chi connectivity index (χ4n) is 4.73. The van der Waals surface area contributed by atoms with Crippen molar-refractivity contribution in [1.82, 2.24) is 10.2 Å². The molecule has 0 spiro atoms. The monoisotopic (exact) mass is 250 g/mol. The second kappa shape index (κ2) is 5.13. The van der Waals surface area contributed by atoms with Gasteiger partial charge in [-0.3, -0.25) is 4.90 Å². The Hall–Kier alpha value is -0.0800. The van der Waals surface area contributed by atoms with Gasteiger partial charge >= 0.3 is 0 Å². The Kier molecular flexibility index (Phi) is 3.68. The molecule has 2 aliphatic heterocycles. The Labute approximate surface area is 113 Å². The Morgan fingerprint density at radius 3 is 2.33 bits per heavy atom. The van der Waals surface area contributed by atoms with Crippen LogP contribution in [0.4, 0.5) is 0 Å². The van der Waals surface area contributed by atoms with E-state index in [4.69, 9.17) is 0 Å². The second-order valence-electron chi connectivity index (χ2n) is 7.53. The fourth-order valence-corrected chi connectivity index (χ4v) is 4.73. The zero-order chi connectivity index (χ0) is 12.7. The molecule has 2 heterocycles. The maximum absolute atomic E-state index is 3.56. The van der Waals surface area contributed by atoms with E-state index >= 15 is 0 Å². The zero-order valence-electron chi connectivity index (χ0n) is 12.4. The standard InChI is InChI=1S/C16H30N2/c1-11(2)15-5-4-12(3)6-16(15)18-9-13-7-17-8-14(13)10-18/h11-17H,4-10H2,1-3H3/t12?,13-,14+,15?,16?. The quantitative estimate of drug-likeness (QED) is 0.810. The maximum Gasteiger partial charge on any atom is 0.0129 e. The van der Waals surface area contributed by atoms with Crippen LogP contribution in [0, 0.1) is 29.6 Å². The highest BCUT2D eigenvalue weighted by atomic mass is 15.2. The summed E-state index contributed by atoms with van der Waals surface area (Å²) in [7, 11) is 0. The van der Waals surface area contributed by atoms with Crippen molar-refractivity contribution in [3.8, 4) is 0 Å². The summed E-state index contributed by atoms with van der Waals surface area (Å²) >= 11 is 0. The van der Waals surface area contributed by atoms with Gasteiger partial charge in [0.05, 0.1) is 0 Å². The number of hydrogen-bond donors (Lipinski definition) is 1. The molecule has 0 aromatic carbocycles. The van der Waals surface area contributed by atoms with Crippen LogP contribution in [0.25, 0.3) is 0 Å². The van der Waals surface area contributed by atoms with E-state index in [-0.39, 0.29) is 0 Å². The van der Waals surface area contributed by atoms with Gasteiger partial charge in [0.25, 0.3) is 0 Å². The predicted molar refractivity (Wildman–Crippen MR) is 76.6 cm³/mol. The average Bonchev–Trinajstić information content (AvgIpc) is 2.88. The van der Waals surface area contributed by atoms with E-state index in [1.807, 2.05) is 0 Å². The first-order chi connectivity index (χ1) is 8.65. The molecule has 0 aromatic heterocycles. The maximum atomic E-state index is 3.56. The molecule has 3 unspecified atom stereocenters. The van der Waals surface area contributed by atoms with Gasteiger partial charge in [-0.25, -0.2) is 0 Å². The van der Waals surface area contributed by atoms with E-state index in [0.29, 0.717) is 0 Å². The van der Waals surface area contributed by atoms with Crippen LogP contribution in [-0.2, 0) is 0 Å². The average molecular weight is 250 g/mol. The summed E-state index contributed by atoms with van der Waals surface area (Å²) in [5.74, 6) is 4.67. The van der Waals surface area contributed by atoms with Crippen LogP contribution in [-0.4, -0.2) is 37.1 Å². The first-order valence-corrected chi connectivity index (χ1v) is 8.10. The van der Waals surface area contributed by atoms with Gasteiger partial charge in [-0.15, -0.1) is 0 Å². The number of hydrogen-bond acceptors (Lipinski definition) is 2. The molecule has 0 radical (unpaired) electrons. The summed E-state index contributed by atoms with van der Waals surface area (Å²) in [6.45, 7) is 12.6. The molecule has 2 heteroatoms. The normalized spacial score (nSPS) is 45.7. The van der Waals surface area contributed by atoms with Gasteiger partial charge in [-0.1, -0.05) is 27.2 Å². The first kappa shape index (κ1) is 12.9. The Bertz CT molecular complexity index is 277. The van der Waals surface area contributed by atoms with Crippen LogP contribution in [0.2, 0.25) is 0 Å². The summed E-state index contributed by atoms with van der Waals surface area (Å²) in [5.41, 5.74) is 0. The summed E-state index contributed by atoms with van der Waals surface area (Å²) in [5, 5.41) is 3.56. The Morgan fingerprint density at radius 2 is 1.72 bits per heavy atom. The largest absolute Gasteiger partial charge is 0.316 e. The van der Waals surface area contributed by atoms with E-state index in [2.05, 4.69) is 31.0 Å². The molecule has 1 N–H and O–H groups in total. The third-order valence-electron chi connectivity index (χ3n) is 5.87. The zero-order valence-corrected chi connectivity index (χ0v) is 12.4. The van der Waals surface area contributed by atoms with E-state index in [1.54, 1.807) is 0 Å².